The first-order chi connectivity index (χ1) is 8.56. The highest BCUT2D eigenvalue weighted by atomic mass is 16.5. The quantitative estimate of drug-likeness (QED) is 0.783. The molecule has 1 aromatic rings. The second-order valence-electron chi connectivity index (χ2n) is 4.83. The van der Waals surface area contributed by atoms with E-state index >= 15 is 0 Å². The van der Waals surface area contributed by atoms with Crippen molar-refractivity contribution in [3.63, 3.8) is 0 Å². The van der Waals surface area contributed by atoms with Gasteiger partial charge in [0.1, 0.15) is 5.82 Å². The summed E-state index contributed by atoms with van der Waals surface area (Å²) in [6.45, 7) is 5.21. The molecule has 1 aliphatic heterocycles. The summed E-state index contributed by atoms with van der Waals surface area (Å²) in [6.07, 6.45) is -0.131. The molecule has 0 spiro atoms. The van der Waals surface area contributed by atoms with Crippen molar-refractivity contribution in [1.82, 2.24) is 9.78 Å². The number of morpholine rings is 1. The van der Waals surface area contributed by atoms with Crippen molar-refractivity contribution in [2.75, 3.05) is 24.6 Å². The Bertz CT molecular complexity index is 419. The minimum absolute atomic E-state index is 0.00608. The van der Waals surface area contributed by atoms with Crippen LogP contribution in [0.5, 0.6) is 0 Å². The van der Waals surface area contributed by atoms with Crippen LogP contribution < -0.4 is 4.90 Å². The lowest BCUT2D eigenvalue weighted by Gasteiger charge is -2.37. The van der Waals surface area contributed by atoms with Crippen LogP contribution in [-0.4, -0.2) is 51.9 Å². The van der Waals surface area contributed by atoms with Crippen LogP contribution in [0.25, 0.3) is 0 Å². The maximum absolute atomic E-state index is 9.47. The Kier molecular flexibility index (Phi) is 3.89. The van der Waals surface area contributed by atoms with Crippen LogP contribution in [0.2, 0.25) is 0 Å². The number of aliphatic hydroxyl groups is 2. The Morgan fingerprint density at radius 2 is 2.11 bits per heavy atom. The molecule has 2 atom stereocenters. The summed E-state index contributed by atoms with van der Waals surface area (Å²) in [5, 5.41) is 23.1. The van der Waals surface area contributed by atoms with Crippen LogP contribution in [0.4, 0.5) is 5.82 Å². The van der Waals surface area contributed by atoms with Crippen molar-refractivity contribution in [3.05, 3.63) is 11.3 Å². The molecule has 18 heavy (non-hydrogen) atoms. The molecule has 6 heteroatoms. The Morgan fingerprint density at radius 1 is 1.39 bits per heavy atom. The van der Waals surface area contributed by atoms with Crippen molar-refractivity contribution in [2.24, 2.45) is 7.05 Å². The Balaban J connectivity index is 2.30. The molecular weight excluding hydrogens is 234 g/mol. The normalized spacial score (nSPS) is 24.6. The number of nitrogens with zero attached hydrogens (tertiary/aromatic N) is 3. The number of aromatic nitrogens is 2. The number of hydrogen-bond acceptors (Lipinski definition) is 5. The molecule has 1 saturated heterocycles. The van der Waals surface area contributed by atoms with E-state index in [1.54, 1.807) is 4.68 Å². The maximum atomic E-state index is 9.47. The number of anilines is 1. The van der Waals surface area contributed by atoms with Gasteiger partial charge in [0.25, 0.3) is 0 Å². The van der Waals surface area contributed by atoms with Crippen molar-refractivity contribution in [3.8, 4) is 0 Å². The second-order valence-corrected chi connectivity index (χ2v) is 4.83. The molecular formula is C12H21N3O3. The molecule has 2 heterocycles. The molecule has 0 bridgehead atoms. The first-order valence-electron chi connectivity index (χ1n) is 6.21. The average molecular weight is 255 g/mol. The minimum atomic E-state index is -0.185. The summed E-state index contributed by atoms with van der Waals surface area (Å²) in [4.78, 5) is 2.13. The highest BCUT2D eigenvalue weighted by Gasteiger charge is 2.28. The molecule has 0 aliphatic carbocycles. The molecule has 2 rings (SSSR count). The van der Waals surface area contributed by atoms with Gasteiger partial charge in [0.15, 0.2) is 0 Å². The summed E-state index contributed by atoms with van der Waals surface area (Å²) < 4.78 is 7.41. The van der Waals surface area contributed by atoms with Gasteiger partial charge in [0.2, 0.25) is 0 Å². The minimum Gasteiger partial charge on any atom is -0.394 e. The summed E-state index contributed by atoms with van der Waals surface area (Å²) in [6, 6.07) is 0. The van der Waals surface area contributed by atoms with Crippen molar-refractivity contribution in [2.45, 2.75) is 32.7 Å². The van der Waals surface area contributed by atoms with E-state index in [9.17, 15) is 10.2 Å². The highest BCUT2D eigenvalue weighted by molar-refractivity contribution is 5.50. The topological polar surface area (TPSA) is 70.8 Å². The van der Waals surface area contributed by atoms with Crippen LogP contribution in [0, 0.1) is 6.92 Å². The number of aryl methyl sites for hydroxylation is 2. The van der Waals surface area contributed by atoms with Crippen molar-refractivity contribution in [1.29, 1.82) is 0 Å². The first-order valence-corrected chi connectivity index (χ1v) is 6.21. The summed E-state index contributed by atoms with van der Waals surface area (Å²) in [5.41, 5.74) is 1.69. The third kappa shape index (κ3) is 2.36. The molecule has 2 unspecified atom stereocenters. The molecule has 0 saturated carbocycles. The Labute approximate surface area is 107 Å². The van der Waals surface area contributed by atoms with Crippen LogP contribution in [0.3, 0.4) is 0 Å². The largest absolute Gasteiger partial charge is 0.394 e. The average Bonchev–Trinajstić information content (AvgIpc) is 2.62. The van der Waals surface area contributed by atoms with Crippen LogP contribution in [0.15, 0.2) is 0 Å². The molecule has 0 aromatic carbocycles. The zero-order valence-electron chi connectivity index (χ0n) is 11.1. The van der Waals surface area contributed by atoms with Crippen LogP contribution in [-0.2, 0) is 18.4 Å². The fourth-order valence-corrected chi connectivity index (χ4v) is 2.59. The highest BCUT2D eigenvalue weighted by Crippen LogP contribution is 2.26. The van der Waals surface area contributed by atoms with Gasteiger partial charge in [0, 0.05) is 25.7 Å². The van der Waals surface area contributed by atoms with Crippen molar-refractivity contribution >= 4 is 5.82 Å². The predicted molar refractivity (Wildman–Crippen MR) is 67.5 cm³/mol. The van der Waals surface area contributed by atoms with Gasteiger partial charge >= 0.3 is 0 Å². The maximum Gasteiger partial charge on any atom is 0.132 e. The monoisotopic (exact) mass is 255 g/mol. The fourth-order valence-electron chi connectivity index (χ4n) is 2.59. The first kappa shape index (κ1) is 13.3. The zero-order valence-corrected chi connectivity index (χ0v) is 11.1. The standard InChI is InChI=1S/C12H21N3O3/c1-8-4-15(5-10(6-16)18-8)12-11(7-17)9(2)13-14(12)3/h8,10,16-17H,4-7H2,1-3H3. The molecule has 1 aliphatic rings. The Hall–Kier alpha value is -1.11. The summed E-state index contributed by atoms with van der Waals surface area (Å²) in [7, 11) is 1.87. The SMILES string of the molecule is Cc1nn(C)c(N2CC(C)OC(CO)C2)c1CO. The molecule has 102 valence electrons. The third-order valence-electron chi connectivity index (χ3n) is 3.30. The molecule has 2 N–H and O–H groups in total. The van der Waals surface area contributed by atoms with E-state index in [1.807, 2.05) is 20.9 Å². The van der Waals surface area contributed by atoms with Gasteiger partial charge in [-0.05, 0) is 13.8 Å². The van der Waals surface area contributed by atoms with Gasteiger partial charge in [-0.25, -0.2) is 0 Å². The molecule has 1 aromatic heterocycles. The van der Waals surface area contributed by atoms with E-state index in [4.69, 9.17) is 4.74 Å². The number of aliphatic hydroxyl groups excluding tert-OH is 2. The summed E-state index contributed by atoms with van der Waals surface area (Å²) >= 11 is 0. The smallest absolute Gasteiger partial charge is 0.132 e. The lowest BCUT2D eigenvalue weighted by Crippen LogP contribution is -2.49. The van der Waals surface area contributed by atoms with Gasteiger partial charge in [-0.3, -0.25) is 4.68 Å². The fraction of sp³-hybridized carbons (Fsp3) is 0.750. The molecule has 0 radical (unpaired) electrons. The van der Waals surface area contributed by atoms with Crippen LogP contribution >= 0.6 is 0 Å². The van der Waals surface area contributed by atoms with E-state index < -0.39 is 0 Å². The molecule has 1 fully saturated rings. The van der Waals surface area contributed by atoms with E-state index in [1.165, 1.54) is 0 Å². The number of hydrogen-bond donors (Lipinski definition) is 2. The van der Waals surface area contributed by atoms with Crippen LogP contribution in [0.1, 0.15) is 18.2 Å². The molecule has 6 nitrogen and oxygen atoms in total. The second kappa shape index (κ2) is 5.26. The van der Waals surface area contributed by atoms with E-state index in [-0.39, 0.29) is 25.4 Å². The van der Waals surface area contributed by atoms with Gasteiger partial charge in [-0.2, -0.15) is 5.10 Å². The number of rotatable bonds is 3. The van der Waals surface area contributed by atoms with E-state index in [0.29, 0.717) is 6.54 Å². The zero-order chi connectivity index (χ0) is 13.3. The Morgan fingerprint density at radius 3 is 2.72 bits per heavy atom. The van der Waals surface area contributed by atoms with Gasteiger partial charge in [-0.1, -0.05) is 0 Å². The lowest BCUT2D eigenvalue weighted by molar-refractivity contribution is -0.0425. The predicted octanol–water partition coefficient (Wildman–Crippen LogP) is -0.193. The third-order valence-corrected chi connectivity index (χ3v) is 3.30. The van der Waals surface area contributed by atoms with Gasteiger partial charge < -0.3 is 19.8 Å². The van der Waals surface area contributed by atoms with Gasteiger partial charge in [0.05, 0.1) is 31.1 Å². The lowest BCUT2D eigenvalue weighted by atomic mass is 10.2. The van der Waals surface area contributed by atoms with E-state index in [0.717, 1.165) is 23.6 Å². The summed E-state index contributed by atoms with van der Waals surface area (Å²) in [5.74, 6) is 0.920. The van der Waals surface area contributed by atoms with Crippen molar-refractivity contribution < 1.29 is 14.9 Å². The molecule has 0 amide bonds. The van der Waals surface area contributed by atoms with Gasteiger partial charge in [-0.15, -0.1) is 0 Å². The van der Waals surface area contributed by atoms with E-state index in [2.05, 4.69) is 10.00 Å². The number of ether oxygens (including phenoxy) is 1.